The molecule has 112 valence electrons. The van der Waals surface area contributed by atoms with E-state index < -0.39 is 0 Å². The Bertz CT molecular complexity index is 837. The number of H-pyrrole nitrogens is 1. The van der Waals surface area contributed by atoms with Gasteiger partial charge < -0.3 is 19.6 Å². The van der Waals surface area contributed by atoms with Gasteiger partial charge in [-0.05, 0) is 18.2 Å². The Balaban J connectivity index is 2.01. The third-order valence-electron chi connectivity index (χ3n) is 3.45. The highest BCUT2D eigenvalue weighted by atomic mass is 16.5. The maximum Gasteiger partial charge on any atom is 0.198 e. The molecule has 0 unspecified atom stereocenters. The van der Waals surface area contributed by atoms with Crippen molar-refractivity contribution in [3.63, 3.8) is 0 Å². The van der Waals surface area contributed by atoms with E-state index in [1.54, 1.807) is 32.6 Å². The van der Waals surface area contributed by atoms with Crippen LogP contribution in [0, 0.1) is 0 Å². The minimum Gasteiger partial charge on any atom is -0.497 e. The monoisotopic (exact) mass is 296 g/mol. The average Bonchev–Trinajstić information content (AvgIpc) is 2.88. The predicted octanol–water partition coefficient (Wildman–Crippen LogP) is 3.64. The van der Waals surface area contributed by atoms with Gasteiger partial charge in [-0.1, -0.05) is 18.2 Å². The lowest BCUT2D eigenvalue weighted by molar-refractivity contribution is 0.395. The molecule has 5 heteroatoms. The van der Waals surface area contributed by atoms with Crippen molar-refractivity contribution in [2.24, 2.45) is 4.99 Å². The van der Waals surface area contributed by atoms with E-state index in [-0.39, 0.29) is 5.88 Å². The summed E-state index contributed by atoms with van der Waals surface area (Å²) in [5.74, 6) is 1.40. The molecule has 3 aromatic rings. The summed E-state index contributed by atoms with van der Waals surface area (Å²) in [6.07, 6.45) is 1.62. The molecule has 0 atom stereocenters. The van der Waals surface area contributed by atoms with Gasteiger partial charge in [0.15, 0.2) is 5.88 Å². The molecule has 1 heterocycles. The number of aromatic nitrogens is 1. The van der Waals surface area contributed by atoms with Gasteiger partial charge in [0, 0.05) is 23.2 Å². The summed E-state index contributed by atoms with van der Waals surface area (Å²) in [4.78, 5) is 7.34. The van der Waals surface area contributed by atoms with Crippen LogP contribution in [-0.4, -0.2) is 30.5 Å². The van der Waals surface area contributed by atoms with Crippen LogP contribution in [0.5, 0.6) is 17.4 Å². The van der Waals surface area contributed by atoms with Gasteiger partial charge in [0.2, 0.25) is 0 Å². The summed E-state index contributed by atoms with van der Waals surface area (Å²) >= 11 is 0. The molecule has 0 radical (unpaired) electrons. The number of aliphatic imine (C=N–C) groups is 1. The van der Waals surface area contributed by atoms with E-state index in [4.69, 9.17) is 9.47 Å². The Labute approximate surface area is 127 Å². The summed E-state index contributed by atoms with van der Waals surface area (Å²) in [7, 11) is 3.18. The van der Waals surface area contributed by atoms with Crippen molar-refractivity contribution < 1.29 is 14.6 Å². The lowest BCUT2D eigenvalue weighted by Crippen LogP contribution is -1.87. The molecule has 0 fully saturated rings. The second-order valence-electron chi connectivity index (χ2n) is 4.73. The third-order valence-corrected chi connectivity index (χ3v) is 3.45. The molecule has 2 aromatic carbocycles. The van der Waals surface area contributed by atoms with E-state index in [0.29, 0.717) is 22.7 Å². The molecular weight excluding hydrogens is 280 g/mol. The first kappa shape index (κ1) is 14.0. The smallest absolute Gasteiger partial charge is 0.198 e. The molecule has 0 aliphatic carbocycles. The second-order valence-corrected chi connectivity index (χ2v) is 4.73. The van der Waals surface area contributed by atoms with Gasteiger partial charge in [-0.15, -0.1) is 0 Å². The van der Waals surface area contributed by atoms with Crippen LogP contribution < -0.4 is 9.47 Å². The fourth-order valence-corrected chi connectivity index (χ4v) is 2.31. The number of nitrogens with zero attached hydrogens (tertiary/aromatic N) is 1. The maximum absolute atomic E-state index is 10.0. The van der Waals surface area contributed by atoms with Crippen LogP contribution in [0.2, 0.25) is 0 Å². The first-order chi connectivity index (χ1) is 10.7. The second kappa shape index (κ2) is 5.81. The van der Waals surface area contributed by atoms with Crippen LogP contribution >= 0.6 is 0 Å². The molecule has 0 bridgehead atoms. The van der Waals surface area contributed by atoms with Crippen LogP contribution in [0.15, 0.2) is 47.5 Å². The summed E-state index contributed by atoms with van der Waals surface area (Å²) in [6, 6.07) is 13.0. The van der Waals surface area contributed by atoms with E-state index in [1.807, 2.05) is 30.3 Å². The quantitative estimate of drug-likeness (QED) is 0.722. The maximum atomic E-state index is 10.0. The highest BCUT2D eigenvalue weighted by Gasteiger charge is 2.09. The number of nitrogens with one attached hydrogen (secondary N) is 1. The number of fused-ring (bicyclic) bond motifs is 1. The third kappa shape index (κ3) is 2.48. The van der Waals surface area contributed by atoms with Gasteiger partial charge in [-0.25, -0.2) is 0 Å². The average molecular weight is 296 g/mol. The van der Waals surface area contributed by atoms with Crippen LogP contribution in [-0.2, 0) is 0 Å². The zero-order valence-corrected chi connectivity index (χ0v) is 12.3. The molecule has 0 spiro atoms. The molecule has 0 saturated heterocycles. The first-order valence-electron chi connectivity index (χ1n) is 6.78. The summed E-state index contributed by atoms with van der Waals surface area (Å²) in [5, 5.41) is 10.9. The summed E-state index contributed by atoms with van der Waals surface area (Å²) < 4.78 is 10.5. The molecule has 2 N–H and O–H groups in total. The van der Waals surface area contributed by atoms with Crippen molar-refractivity contribution in [3.05, 3.63) is 48.0 Å². The minimum absolute atomic E-state index is 0.0948. The van der Waals surface area contributed by atoms with Gasteiger partial charge in [0.1, 0.15) is 17.2 Å². The Hall–Kier alpha value is -2.95. The zero-order chi connectivity index (χ0) is 15.5. The number of ether oxygens (including phenoxy) is 2. The number of para-hydroxylation sites is 1. The molecule has 0 saturated carbocycles. The minimum atomic E-state index is 0.0948. The number of benzene rings is 2. The first-order valence-corrected chi connectivity index (χ1v) is 6.78. The molecule has 1 aromatic heterocycles. The van der Waals surface area contributed by atoms with Crippen molar-refractivity contribution in [1.29, 1.82) is 0 Å². The number of aromatic hydroxyl groups is 1. The van der Waals surface area contributed by atoms with Crippen molar-refractivity contribution in [1.82, 2.24) is 4.98 Å². The summed E-state index contributed by atoms with van der Waals surface area (Å²) in [5.41, 5.74) is 2.17. The van der Waals surface area contributed by atoms with Crippen LogP contribution in [0.3, 0.4) is 0 Å². The van der Waals surface area contributed by atoms with E-state index in [1.165, 1.54) is 0 Å². The lowest BCUT2D eigenvalue weighted by atomic mass is 10.2. The van der Waals surface area contributed by atoms with E-state index in [0.717, 1.165) is 10.9 Å². The van der Waals surface area contributed by atoms with Crippen molar-refractivity contribution in [3.8, 4) is 17.4 Å². The largest absolute Gasteiger partial charge is 0.497 e. The molecular formula is C17H16N2O3. The van der Waals surface area contributed by atoms with Gasteiger partial charge in [0.05, 0.1) is 19.8 Å². The molecule has 3 rings (SSSR count). The van der Waals surface area contributed by atoms with Crippen LogP contribution in [0.25, 0.3) is 10.9 Å². The molecule has 0 amide bonds. The van der Waals surface area contributed by atoms with Crippen LogP contribution in [0.4, 0.5) is 5.69 Å². The zero-order valence-electron chi connectivity index (χ0n) is 12.3. The topological polar surface area (TPSA) is 66.8 Å². The number of methoxy groups -OCH3 is 2. The van der Waals surface area contributed by atoms with Crippen molar-refractivity contribution in [2.75, 3.05) is 14.2 Å². The highest BCUT2D eigenvalue weighted by molar-refractivity contribution is 6.02. The normalized spacial score (nSPS) is 11.2. The Morgan fingerprint density at radius 3 is 2.68 bits per heavy atom. The van der Waals surface area contributed by atoms with Crippen molar-refractivity contribution in [2.45, 2.75) is 0 Å². The fraction of sp³-hybridized carbons (Fsp3) is 0.118. The number of hydrogen-bond donors (Lipinski definition) is 2. The van der Waals surface area contributed by atoms with E-state index in [9.17, 15) is 5.11 Å². The van der Waals surface area contributed by atoms with Crippen molar-refractivity contribution >= 4 is 22.8 Å². The highest BCUT2D eigenvalue weighted by Crippen LogP contribution is 2.32. The number of aromatic amines is 1. The molecule has 0 aliphatic rings. The fourth-order valence-electron chi connectivity index (χ4n) is 2.31. The molecule has 22 heavy (non-hydrogen) atoms. The van der Waals surface area contributed by atoms with Gasteiger partial charge >= 0.3 is 0 Å². The number of hydrogen-bond acceptors (Lipinski definition) is 4. The lowest BCUT2D eigenvalue weighted by Gasteiger charge is -2.06. The molecule has 5 nitrogen and oxygen atoms in total. The van der Waals surface area contributed by atoms with Gasteiger partial charge in [0.25, 0.3) is 0 Å². The Morgan fingerprint density at radius 1 is 1.09 bits per heavy atom. The predicted molar refractivity (Wildman–Crippen MR) is 86.8 cm³/mol. The van der Waals surface area contributed by atoms with E-state index in [2.05, 4.69) is 9.98 Å². The standard InChI is InChI=1S/C17H16N2O3/c1-21-11-7-8-15(16(9-11)22-2)18-10-13-12-5-3-4-6-14(12)19-17(13)20/h3-10,19-20H,1-2H3. The van der Waals surface area contributed by atoms with Crippen LogP contribution in [0.1, 0.15) is 5.56 Å². The van der Waals surface area contributed by atoms with Gasteiger partial charge in [-0.3, -0.25) is 4.99 Å². The molecule has 0 aliphatic heterocycles. The Morgan fingerprint density at radius 2 is 1.91 bits per heavy atom. The number of rotatable bonds is 4. The summed E-state index contributed by atoms with van der Waals surface area (Å²) in [6.45, 7) is 0. The Kier molecular flexibility index (Phi) is 3.70. The van der Waals surface area contributed by atoms with E-state index >= 15 is 0 Å². The SMILES string of the molecule is COc1ccc(N=Cc2c(O)[nH]c3ccccc23)c(OC)c1. The van der Waals surface area contributed by atoms with Gasteiger partial charge in [-0.2, -0.15) is 0 Å².